The normalized spacial score (nSPS) is 12.2. The molecule has 0 saturated heterocycles. The molecular formula is C28H24N3+. The Labute approximate surface area is 182 Å². The topological polar surface area (TPSA) is 21.7 Å². The van der Waals surface area contributed by atoms with Crippen LogP contribution in [-0.4, -0.2) is 9.55 Å². The van der Waals surface area contributed by atoms with E-state index in [-0.39, 0.29) is 0 Å². The zero-order valence-corrected chi connectivity index (χ0v) is 18.1. The van der Waals surface area contributed by atoms with Crippen LogP contribution in [0.1, 0.15) is 22.5 Å². The van der Waals surface area contributed by atoms with Crippen molar-refractivity contribution in [2.24, 2.45) is 7.05 Å². The third-order valence-corrected chi connectivity index (χ3v) is 6.66. The SMILES string of the molecule is Cc1c[n+](C)c(-c2c3c(c4ccccc4c2C)Cc2nccn2-3)cc1-c1ccccc1. The van der Waals surface area contributed by atoms with Gasteiger partial charge in [-0.25, -0.2) is 9.55 Å². The maximum absolute atomic E-state index is 4.64. The van der Waals surface area contributed by atoms with Crippen LogP contribution in [0.5, 0.6) is 0 Å². The molecule has 3 heterocycles. The van der Waals surface area contributed by atoms with Crippen molar-refractivity contribution < 1.29 is 4.57 Å². The van der Waals surface area contributed by atoms with Crippen molar-refractivity contribution in [3.8, 4) is 28.1 Å². The molecule has 0 radical (unpaired) electrons. The third-order valence-electron chi connectivity index (χ3n) is 6.66. The van der Waals surface area contributed by atoms with E-state index in [1.54, 1.807) is 0 Å². The molecular weight excluding hydrogens is 378 g/mol. The fraction of sp³-hybridized carbons (Fsp3) is 0.143. The molecule has 2 aromatic heterocycles. The van der Waals surface area contributed by atoms with Gasteiger partial charge in [0.05, 0.1) is 11.3 Å². The molecule has 0 saturated carbocycles. The maximum Gasteiger partial charge on any atom is 0.215 e. The molecule has 3 aromatic carbocycles. The van der Waals surface area contributed by atoms with Crippen LogP contribution in [0.3, 0.4) is 0 Å². The first-order valence-corrected chi connectivity index (χ1v) is 10.8. The lowest BCUT2D eigenvalue weighted by Gasteiger charge is -2.17. The van der Waals surface area contributed by atoms with Crippen LogP contribution in [0.25, 0.3) is 38.8 Å². The van der Waals surface area contributed by atoms with E-state index in [1.807, 2.05) is 6.20 Å². The van der Waals surface area contributed by atoms with E-state index in [9.17, 15) is 0 Å². The number of pyridine rings is 1. The van der Waals surface area contributed by atoms with Crippen molar-refractivity contribution in [1.29, 1.82) is 0 Å². The molecule has 0 fully saturated rings. The second-order valence-electron chi connectivity index (χ2n) is 8.50. The van der Waals surface area contributed by atoms with E-state index in [2.05, 4.69) is 108 Å². The minimum absolute atomic E-state index is 0.872. The fourth-order valence-electron chi connectivity index (χ4n) is 5.21. The number of benzene rings is 3. The van der Waals surface area contributed by atoms with Gasteiger partial charge in [0.2, 0.25) is 5.69 Å². The molecule has 5 aromatic rings. The monoisotopic (exact) mass is 402 g/mol. The van der Waals surface area contributed by atoms with Gasteiger partial charge in [0, 0.05) is 30.4 Å². The number of aryl methyl sites for hydroxylation is 3. The van der Waals surface area contributed by atoms with E-state index < -0.39 is 0 Å². The summed E-state index contributed by atoms with van der Waals surface area (Å²) in [6.45, 7) is 4.45. The van der Waals surface area contributed by atoms with Crippen LogP contribution in [0.4, 0.5) is 0 Å². The second kappa shape index (κ2) is 6.64. The predicted molar refractivity (Wildman–Crippen MR) is 125 cm³/mol. The first-order valence-electron chi connectivity index (χ1n) is 10.8. The minimum atomic E-state index is 0.872. The van der Waals surface area contributed by atoms with Crippen molar-refractivity contribution in [3.05, 3.63) is 102 Å². The van der Waals surface area contributed by atoms with E-state index in [0.717, 1.165) is 12.2 Å². The van der Waals surface area contributed by atoms with Crippen molar-refractivity contribution in [2.45, 2.75) is 20.3 Å². The molecule has 3 heteroatoms. The van der Waals surface area contributed by atoms with Crippen molar-refractivity contribution >= 4 is 10.8 Å². The number of fused-ring (bicyclic) bond motifs is 5. The molecule has 6 rings (SSSR count). The summed E-state index contributed by atoms with van der Waals surface area (Å²) in [6, 6.07) is 21.8. The maximum atomic E-state index is 4.64. The average Bonchev–Trinajstić information content (AvgIpc) is 3.38. The van der Waals surface area contributed by atoms with Gasteiger partial charge in [-0.2, -0.15) is 0 Å². The smallest absolute Gasteiger partial charge is 0.215 e. The lowest BCUT2D eigenvalue weighted by atomic mass is 9.90. The van der Waals surface area contributed by atoms with Gasteiger partial charge >= 0.3 is 0 Å². The van der Waals surface area contributed by atoms with Gasteiger partial charge in [0.1, 0.15) is 12.9 Å². The molecule has 0 unspecified atom stereocenters. The summed E-state index contributed by atoms with van der Waals surface area (Å²) in [5, 5.41) is 2.66. The van der Waals surface area contributed by atoms with Crippen LogP contribution in [-0.2, 0) is 13.5 Å². The molecule has 1 aliphatic rings. The third kappa shape index (κ3) is 2.59. The molecule has 0 amide bonds. The molecule has 3 nitrogen and oxygen atoms in total. The van der Waals surface area contributed by atoms with Gasteiger partial charge in [-0.1, -0.05) is 54.6 Å². The van der Waals surface area contributed by atoms with E-state index >= 15 is 0 Å². The highest BCUT2D eigenvalue weighted by Crippen LogP contribution is 2.43. The summed E-state index contributed by atoms with van der Waals surface area (Å²) >= 11 is 0. The molecule has 0 aliphatic carbocycles. The molecule has 1 aliphatic heterocycles. The summed E-state index contributed by atoms with van der Waals surface area (Å²) in [4.78, 5) is 4.64. The van der Waals surface area contributed by atoms with Gasteiger partial charge in [-0.05, 0) is 46.9 Å². The Balaban J connectivity index is 1.73. The zero-order chi connectivity index (χ0) is 21.1. The number of aromatic nitrogens is 3. The van der Waals surface area contributed by atoms with Crippen molar-refractivity contribution in [2.75, 3.05) is 0 Å². The van der Waals surface area contributed by atoms with E-state index in [0.29, 0.717) is 0 Å². The van der Waals surface area contributed by atoms with Crippen LogP contribution >= 0.6 is 0 Å². The highest BCUT2D eigenvalue weighted by Gasteiger charge is 2.30. The van der Waals surface area contributed by atoms with E-state index in [4.69, 9.17) is 0 Å². The first kappa shape index (κ1) is 18.1. The Morgan fingerprint density at radius 2 is 1.68 bits per heavy atom. The van der Waals surface area contributed by atoms with Gasteiger partial charge in [0.25, 0.3) is 0 Å². The van der Waals surface area contributed by atoms with E-state index in [1.165, 1.54) is 55.5 Å². The molecule has 0 N–H and O–H groups in total. The van der Waals surface area contributed by atoms with Crippen LogP contribution in [0, 0.1) is 13.8 Å². The Hall–Kier alpha value is -3.72. The summed E-state index contributed by atoms with van der Waals surface area (Å²) in [7, 11) is 2.15. The number of nitrogens with zero attached hydrogens (tertiary/aromatic N) is 3. The lowest BCUT2D eigenvalue weighted by Crippen LogP contribution is -2.32. The van der Waals surface area contributed by atoms with Crippen LogP contribution in [0.15, 0.2) is 79.3 Å². The zero-order valence-electron chi connectivity index (χ0n) is 18.1. The first-order chi connectivity index (χ1) is 15.1. The van der Waals surface area contributed by atoms with Crippen LogP contribution in [0.2, 0.25) is 0 Å². The van der Waals surface area contributed by atoms with Gasteiger partial charge in [0.15, 0.2) is 6.20 Å². The Morgan fingerprint density at radius 3 is 2.48 bits per heavy atom. The van der Waals surface area contributed by atoms with Gasteiger partial charge in [-0.15, -0.1) is 0 Å². The largest absolute Gasteiger partial charge is 0.302 e. The fourth-order valence-corrected chi connectivity index (χ4v) is 5.21. The molecule has 0 bridgehead atoms. The highest BCUT2D eigenvalue weighted by molar-refractivity contribution is 5.99. The molecule has 0 spiro atoms. The summed E-state index contributed by atoms with van der Waals surface area (Å²) < 4.78 is 4.56. The second-order valence-corrected chi connectivity index (χ2v) is 8.50. The number of hydrogen-bond donors (Lipinski definition) is 0. The molecule has 31 heavy (non-hydrogen) atoms. The minimum Gasteiger partial charge on any atom is -0.302 e. The van der Waals surface area contributed by atoms with Crippen LogP contribution < -0.4 is 4.57 Å². The Morgan fingerprint density at radius 1 is 0.935 bits per heavy atom. The lowest BCUT2D eigenvalue weighted by molar-refractivity contribution is -0.660. The number of hydrogen-bond acceptors (Lipinski definition) is 1. The molecule has 150 valence electrons. The highest BCUT2D eigenvalue weighted by atomic mass is 15.1. The van der Waals surface area contributed by atoms with Gasteiger partial charge < -0.3 is 4.57 Å². The Bertz CT molecular complexity index is 1480. The Kier molecular flexibility index (Phi) is 3.87. The van der Waals surface area contributed by atoms with Crippen molar-refractivity contribution in [1.82, 2.24) is 9.55 Å². The molecule has 0 atom stereocenters. The summed E-state index contributed by atoms with van der Waals surface area (Å²) in [5.41, 5.74) is 10.3. The summed E-state index contributed by atoms with van der Waals surface area (Å²) in [6.07, 6.45) is 7.14. The predicted octanol–water partition coefficient (Wildman–Crippen LogP) is 5.71. The number of imidazole rings is 1. The van der Waals surface area contributed by atoms with Crippen molar-refractivity contribution in [3.63, 3.8) is 0 Å². The standard InChI is InChI=1S/C28H24N3/c1-18-17-30(3)25(15-23(18)20-9-5-4-6-10-20)27-19(2)21-11-7-8-12-22(21)24-16-26-29-13-14-31(26)28(24)27/h4-15,17H,16H2,1-3H3/q+1. The van der Waals surface area contributed by atoms with Gasteiger partial charge in [-0.3, -0.25) is 0 Å². The average molecular weight is 403 g/mol. The summed E-state index contributed by atoms with van der Waals surface area (Å²) in [5.74, 6) is 1.12. The quantitative estimate of drug-likeness (QED) is 0.340. The number of rotatable bonds is 2.